The summed E-state index contributed by atoms with van der Waals surface area (Å²) in [6, 6.07) is 2.00. The molecule has 0 radical (unpaired) electrons. The van der Waals surface area contributed by atoms with Gasteiger partial charge >= 0.3 is 0 Å². The number of hydrogen-bond donors (Lipinski definition) is 2. The normalized spacial score (nSPS) is 10.1. The van der Waals surface area contributed by atoms with Crippen molar-refractivity contribution in [3.63, 3.8) is 0 Å². The van der Waals surface area contributed by atoms with Gasteiger partial charge in [0.05, 0.1) is 17.1 Å². The van der Waals surface area contributed by atoms with Gasteiger partial charge in [-0.15, -0.1) is 11.3 Å². The lowest BCUT2D eigenvalue weighted by Gasteiger charge is -1.99. The standard InChI is InChI=1S/C11H11N5O2S/c1-2-7(17)10-9(13)6(3-12)11(19-10)14-4-8-15-5-18-16-8/h5,14H,2,4,13H2,1H3. The summed E-state index contributed by atoms with van der Waals surface area (Å²) in [5.74, 6) is 0.380. The fraction of sp³-hybridized carbons (Fsp3) is 0.273. The van der Waals surface area contributed by atoms with Crippen LogP contribution < -0.4 is 11.1 Å². The Bertz CT molecular complexity index is 626. The van der Waals surface area contributed by atoms with Gasteiger partial charge in [-0.1, -0.05) is 12.1 Å². The molecule has 0 spiro atoms. The van der Waals surface area contributed by atoms with Gasteiger partial charge in [0.2, 0.25) is 6.39 Å². The topological polar surface area (TPSA) is 118 Å². The molecule has 0 aromatic carbocycles. The van der Waals surface area contributed by atoms with E-state index in [1.54, 1.807) is 6.92 Å². The number of Topliss-reactive ketones (excluding diaryl/α,β-unsaturated/α-hetero) is 1. The fourth-order valence-electron chi connectivity index (χ4n) is 1.48. The van der Waals surface area contributed by atoms with Crippen molar-refractivity contribution in [3.05, 3.63) is 22.7 Å². The zero-order chi connectivity index (χ0) is 13.8. The lowest BCUT2D eigenvalue weighted by Crippen LogP contribution is -2.01. The van der Waals surface area contributed by atoms with Gasteiger partial charge in [-0.05, 0) is 0 Å². The lowest BCUT2D eigenvalue weighted by atomic mass is 10.2. The number of ketones is 1. The van der Waals surface area contributed by atoms with Crippen LogP contribution in [0.5, 0.6) is 0 Å². The lowest BCUT2D eigenvalue weighted by molar-refractivity contribution is 0.0993. The highest BCUT2D eigenvalue weighted by molar-refractivity contribution is 7.19. The first kappa shape index (κ1) is 13.0. The minimum Gasteiger partial charge on any atom is -0.396 e. The second kappa shape index (κ2) is 5.49. The van der Waals surface area contributed by atoms with E-state index >= 15 is 0 Å². The molecular formula is C11H11N5O2S. The van der Waals surface area contributed by atoms with Crippen LogP contribution in [0.2, 0.25) is 0 Å². The number of hydrogen-bond acceptors (Lipinski definition) is 8. The van der Waals surface area contributed by atoms with Crippen molar-refractivity contribution in [2.75, 3.05) is 11.1 Å². The van der Waals surface area contributed by atoms with Crippen LogP contribution in [0.4, 0.5) is 10.7 Å². The van der Waals surface area contributed by atoms with Crippen molar-refractivity contribution >= 4 is 27.8 Å². The number of aromatic nitrogens is 2. The average Bonchev–Trinajstić information content (AvgIpc) is 3.03. The smallest absolute Gasteiger partial charge is 0.213 e. The highest BCUT2D eigenvalue weighted by Crippen LogP contribution is 2.36. The van der Waals surface area contributed by atoms with Crippen LogP contribution in [0.15, 0.2) is 10.9 Å². The Morgan fingerprint density at radius 3 is 3.05 bits per heavy atom. The van der Waals surface area contributed by atoms with E-state index < -0.39 is 0 Å². The van der Waals surface area contributed by atoms with Crippen molar-refractivity contribution in [1.29, 1.82) is 5.26 Å². The third-order valence-corrected chi connectivity index (χ3v) is 3.65. The second-order valence-electron chi connectivity index (χ2n) is 3.64. The molecular weight excluding hydrogens is 266 g/mol. The molecule has 2 rings (SSSR count). The monoisotopic (exact) mass is 277 g/mol. The molecule has 0 amide bonds. The van der Waals surface area contributed by atoms with Crippen LogP contribution in [0.3, 0.4) is 0 Å². The first-order valence-corrected chi connectivity index (χ1v) is 6.33. The Hall–Kier alpha value is -2.40. The summed E-state index contributed by atoms with van der Waals surface area (Å²) in [7, 11) is 0. The quantitative estimate of drug-likeness (QED) is 0.800. The van der Waals surface area contributed by atoms with Gasteiger partial charge in [-0.25, -0.2) is 0 Å². The number of thiophene rings is 1. The first-order valence-electron chi connectivity index (χ1n) is 5.52. The van der Waals surface area contributed by atoms with Gasteiger partial charge in [0.1, 0.15) is 16.6 Å². The number of carbonyl (C=O) groups is 1. The predicted octanol–water partition coefficient (Wildman–Crippen LogP) is 1.79. The number of nitrogen functional groups attached to an aromatic ring is 1. The molecule has 19 heavy (non-hydrogen) atoms. The van der Waals surface area contributed by atoms with E-state index in [0.29, 0.717) is 28.7 Å². The molecule has 0 saturated carbocycles. The van der Waals surface area contributed by atoms with Crippen molar-refractivity contribution in [3.8, 4) is 6.07 Å². The van der Waals surface area contributed by atoms with Crippen molar-refractivity contribution < 1.29 is 9.32 Å². The highest BCUT2D eigenvalue weighted by Gasteiger charge is 2.20. The van der Waals surface area contributed by atoms with E-state index in [2.05, 4.69) is 20.0 Å². The van der Waals surface area contributed by atoms with Crippen LogP contribution in [-0.4, -0.2) is 15.9 Å². The van der Waals surface area contributed by atoms with Crippen LogP contribution >= 0.6 is 11.3 Å². The number of nitrogens with two attached hydrogens (primary N) is 1. The van der Waals surface area contributed by atoms with Crippen LogP contribution in [0, 0.1) is 11.3 Å². The molecule has 2 heterocycles. The van der Waals surface area contributed by atoms with Crippen LogP contribution in [0.1, 0.15) is 34.4 Å². The Labute approximate surface area is 113 Å². The molecule has 0 aliphatic rings. The van der Waals surface area contributed by atoms with Gasteiger partial charge in [0.25, 0.3) is 0 Å². The molecule has 7 nitrogen and oxygen atoms in total. The Kier molecular flexibility index (Phi) is 3.77. The van der Waals surface area contributed by atoms with E-state index in [1.807, 2.05) is 6.07 Å². The minimum absolute atomic E-state index is 0.0772. The summed E-state index contributed by atoms with van der Waals surface area (Å²) in [5, 5.41) is 16.3. The van der Waals surface area contributed by atoms with Crippen LogP contribution in [-0.2, 0) is 6.54 Å². The molecule has 0 aliphatic heterocycles. The molecule has 8 heteroatoms. The molecule has 2 aromatic rings. The van der Waals surface area contributed by atoms with E-state index in [9.17, 15) is 4.79 Å². The summed E-state index contributed by atoms with van der Waals surface area (Å²) >= 11 is 1.17. The van der Waals surface area contributed by atoms with Gasteiger partial charge in [0.15, 0.2) is 11.6 Å². The molecule has 98 valence electrons. The molecule has 2 aromatic heterocycles. The van der Waals surface area contributed by atoms with E-state index in [-0.39, 0.29) is 17.0 Å². The summed E-state index contributed by atoms with van der Waals surface area (Å²) in [5.41, 5.74) is 6.33. The molecule has 0 bridgehead atoms. The van der Waals surface area contributed by atoms with E-state index in [1.165, 1.54) is 17.7 Å². The van der Waals surface area contributed by atoms with Crippen LogP contribution in [0.25, 0.3) is 0 Å². The first-order chi connectivity index (χ1) is 9.17. The number of carbonyl (C=O) groups excluding carboxylic acids is 1. The largest absolute Gasteiger partial charge is 0.396 e. The molecule has 0 fully saturated rings. The maximum Gasteiger partial charge on any atom is 0.213 e. The molecule has 0 atom stereocenters. The maximum absolute atomic E-state index is 11.7. The Morgan fingerprint density at radius 2 is 2.47 bits per heavy atom. The third-order valence-electron chi connectivity index (χ3n) is 2.45. The van der Waals surface area contributed by atoms with Gasteiger partial charge in [0, 0.05) is 6.42 Å². The Morgan fingerprint density at radius 1 is 1.68 bits per heavy atom. The van der Waals surface area contributed by atoms with Gasteiger partial charge in [-0.2, -0.15) is 10.2 Å². The second-order valence-corrected chi connectivity index (χ2v) is 4.66. The predicted molar refractivity (Wildman–Crippen MR) is 69.7 cm³/mol. The number of nitrogens with one attached hydrogen (secondary N) is 1. The zero-order valence-electron chi connectivity index (χ0n) is 10.1. The van der Waals surface area contributed by atoms with E-state index in [0.717, 1.165) is 0 Å². The maximum atomic E-state index is 11.7. The van der Waals surface area contributed by atoms with E-state index in [4.69, 9.17) is 11.0 Å². The minimum atomic E-state index is -0.0772. The molecule has 0 saturated heterocycles. The number of nitrogens with zero attached hydrogens (tertiary/aromatic N) is 3. The molecule has 3 N–H and O–H groups in total. The van der Waals surface area contributed by atoms with Crippen molar-refractivity contribution in [2.45, 2.75) is 19.9 Å². The number of nitriles is 1. The molecule has 0 aliphatic carbocycles. The SMILES string of the molecule is CCC(=O)c1sc(NCc2ncon2)c(C#N)c1N. The summed E-state index contributed by atoms with van der Waals surface area (Å²) in [4.78, 5) is 16.0. The average molecular weight is 277 g/mol. The summed E-state index contributed by atoms with van der Waals surface area (Å²) < 4.78 is 4.60. The fourth-order valence-corrected chi connectivity index (χ4v) is 2.55. The van der Waals surface area contributed by atoms with Crippen molar-refractivity contribution in [2.24, 2.45) is 0 Å². The summed E-state index contributed by atoms with van der Waals surface area (Å²) in [6.45, 7) is 2.05. The zero-order valence-corrected chi connectivity index (χ0v) is 11.0. The van der Waals surface area contributed by atoms with Crippen molar-refractivity contribution in [1.82, 2.24) is 10.1 Å². The Balaban J connectivity index is 2.25. The summed E-state index contributed by atoms with van der Waals surface area (Å²) in [6.07, 6.45) is 1.57. The highest BCUT2D eigenvalue weighted by atomic mass is 32.1. The number of anilines is 2. The number of rotatable bonds is 5. The van der Waals surface area contributed by atoms with Gasteiger partial charge < -0.3 is 15.6 Å². The third kappa shape index (κ3) is 2.56. The van der Waals surface area contributed by atoms with Gasteiger partial charge in [-0.3, -0.25) is 4.79 Å². The molecule has 0 unspecified atom stereocenters.